The highest BCUT2D eigenvalue weighted by Gasteiger charge is 2.70. The number of halogens is 2. The Morgan fingerprint density at radius 2 is 1.45 bits per heavy atom. The van der Waals surface area contributed by atoms with Crippen LogP contribution in [0.15, 0.2) is 127 Å². The second-order valence-corrected chi connectivity index (χ2v) is 16.2. The molecule has 4 aliphatic rings. The molecule has 4 amide bonds. The van der Waals surface area contributed by atoms with Crippen LogP contribution in [0.2, 0.25) is 10.0 Å². The Morgan fingerprint density at radius 1 is 0.767 bits per heavy atom. The van der Waals surface area contributed by atoms with Crippen molar-refractivity contribution in [1.29, 1.82) is 0 Å². The van der Waals surface area contributed by atoms with Crippen LogP contribution < -0.4 is 19.8 Å². The molecule has 0 aromatic heterocycles. The molecule has 3 fully saturated rings. The van der Waals surface area contributed by atoms with Crippen LogP contribution in [0.5, 0.6) is 17.2 Å². The molecule has 5 aromatic carbocycles. The van der Waals surface area contributed by atoms with Gasteiger partial charge in [-0.1, -0.05) is 77.3 Å². The smallest absolute Gasteiger partial charge is 0.260 e. The lowest BCUT2D eigenvalue weighted by Gasteiger charge is -2.50. The molecular formula is C47H37Cl2N3O8. The summed E-state index contributed by atoms with van der Waals surface area (Å²) >= 11 is 12.8. The Balaban J connectivity index is 1.18. The molecule has 0 spiro atoms. The number of aromatic hydroxyl groups is 1. The maximum atomic E-state index is 15.5. The number of phenolic OH excluding ortho intramolecular Hbond substituents is 1. The van der Waals surface area contributed by atoms with Gasteiger partial charge in [-0.15, -0.1) is 0 Å². The number of ether oxygens (including phenoxy) is 2. The summed E-state index contributed by atoms with van der Waals surface area (Å²) < 4.78 is 11.1. The zero-order valence-corrected chi connectivity index (χ0v) is 33.8. The number of anilines is 2. The van der Waals surface area contributed by atoms with Crippen LogP contribution in [0.4, 0.5) is 11.4 Å². The van der Waals surface area contributed by atoms with Crippen LogP contribution in [-0.4, -0.2) is 53.7 Å². The number of hydrogen-bond acceptors (Lipinski definition) is 9. The lowest BCUT2D eigenvalue weighted by Crippen LogP contribution is -2.53. The number of nitrogens with zero attached hydrogens (tertiary/aromatic N) is 2. The molecule has 2 aliphatic heterocycles. The first-order valence-electron chi connectivity index (χ1n) is 19.4. The third kappa shape index (κ3) is 5.97. The molecule has 9 rings (SSSR count). The van der Waals surface area contributed by atoms with E-state index in [2.05, 4.69) is 5.43 Å². The van der Waals surface area contributed by atoms with Gasteiger partial charge in [0.1, 0.15) is 17.2 Å². The second-order valence-electron chi connectivity index (χ2n) is 15.4. The lowest BCUT2D eigenvalue weighted by molar-refractivity contribution is -0.138. The van der Waals surface area contributed by atoms with Crippen molar-refractivity contribution >= 4 is 64.0 Å². The Hall–Kier alpha value is -6.43. The van der Waals surface area contributed by atoms with Gasteiger partial charge in [-0.05, 0) is 97.1 Å². The summed E-state index contributed by atoms with van der Waals surface area (Å²) in [5.74, 6) is -5.96. The molecule has 0 bridgehead atoms. The van der Waals surface area contributed by atoms with Gasteiger partial charge in [0.15, 0.2) is 5.78 Å². The van der Waals surface area contributed by atoms with E-state index < -0.39 is 58.6 Å². The molecule has 302 valence electrons. The highest BCUT2D eigenvalue weighted by atomic mass is 35.5. The summed E-state index contributed by atoms with van der Waals surface area (Å²) in [6, 6.07) is 31.4. The highest BCUT2D eigenvalue weighted by molar-refractivity contribution is 6.36. The predicted molar refractivity (Wildman–Crippen MR) is 224 cm³/mol. The van der Waals surface area contributed by atoms with Crippen LogP contribution in [0, 0.1) is 23.7 Å². The van der Waals surface area contributed by atoms with Gasteiger partial charge in [0.2, 0.25) is 11.8 Å². The first-order valence-corrected chi connectivity index (χ1v) is 20.1. The Kier molecular flexibility index (Phi) is 9.76. The minimum atomic E-state index is -1.68. The van der Waals surface area contributed by atoms with E-state index in [1.165, 1.54) is 31.3 Å². The number of nitrogens with one attached hydrogen (secondary N) is 1. The van der Waals surface area contributed by atoms with Gasteiger partial charge in [-0.2, -0.15) is 5.01 Å². The van der Waals surface area contributed by atoms with Crippen molar-refractivity contribution in [2.75, 3.05) is 24.5 Å². The largest absolute Gasteiger partial charge is 0.508 e. The number of carbonyl (C=O) groups is 5. The molecule has 2 N–H and O–H groups in total. The van der Waals surface area contributed by atoms with Gasteiger partial charge in [-0.25, -0.2) is 0 Å². The summed E-state index contributed by atoms with van der Waals surface area (Å²) in [6.07, 6.45) is 2.09. The third-order valence-corrected chi connectivity index (χ3v) is 13.1. The SMILES string of the molecule is COc1ccc([C@@]23C(=O)N(Nc4ccc(Cl)cc4Cl)C(=O)[C@@H]2C[C@@H]2C(=CC[C@@H]4C(=O)N(c5ccc(C(=O)c6ccccc6)cc5)C(=O)[C@@H]42)[C@@H]3c2cc(OC)ccc2O)cc1. The molecule has 5 aromatic rings. The molecule has 2 aliphatic carbocycles. The fraction of sp³-hybridized carbons (Fsp3) is 0.213. The standard InChI is InChI=1S/C47H37Cl2N3O8/c1-59-30-15-10-27(11-16-30)47-36(44(56)52(46(47)58)50-38-20-12-28(48)22-37(38)49)24-34-32(41(47)35-23-31(60-2)17-21-39(35)53)18-19-33-40(34)45(57)51(43(33)55)29-13-8-26(9-14-29)42(54)25-6-4-3-5-7-25/h3-18,20-23,33-34,36,40-41,50,53H,19,24H2,1-2H3/t33-,34+,36-,40-,41+,47+/m0/s1. The van der Waals surface area contributed by atoms with Crippen molar-refractivity contribution in [3.8, 4) is 17.2 Å². The summed E-state index contributed by atoms with van der Waals surface area (Å²) in [4.78, 5) is 74.1. The van der Waals surface area contributed by atoms with Crippen molar-refractivity contribution in [1.82, 2.24) is 5.01 Å². The fourth-order valence-corrected chi connectivity index (χ4v) is 10.3. The molecule has 2 saturated heterocycles. The second kappa shape index (κ2) is 15.0. The third-order valence-electron chi connectivity index (χ3n) is 12.5. The van der Waals surface area contributed by atoms with Gasteiger partial charge in [0.05, 0.1) is 53.8 Å². The number of imide groups is 2. The van der Waals surface area contributed by atoms with E-state index in [0.717, 1.165) is 5.01 Å². The van der Waals surface area contributed by atoms with Crippen molar-refractivity contribution in [2.24, 2.45) is 23.7 Å². The number of methoxy groups -OCH3 is 2. The molecule has 2 heterocycles. The minimum absolute atomic E-state index is 0.0226. The quantitative estimate of drug-likeness (QED) is 0.0855. The van der Waals surface area contributed by atoms with Crippen LogP contribution in [-0.2, 0) is 24.6 Å². The number of hydrogen-bond donors (Lipinski definition) is 2. The molecular weight excluding hydrogens is 805 g/mol. The summed E-state index contributed by atoms with van der Waals surface area (Å²) in [5.41, 5.74) is 4.21. The van der Waals surface area contributed by atoms with E-state index in [-0.39, 0.29) is 35.1 Å². The van der Waals surface area contributed by atoms with E-state index in [1.54, 1.807) is 97.1 Å². The van der Waals surface area contributed by atoms with Gasteiger partial charge in [-0.3, -0.25) is 34.3 Å². The zero-order valence-electron chi connectivity index (χ0n) is 32.3. The predicted octanol–water partition coefficient (Wildman–Crippen LogP) is 8.14. The van der Waals surface area contributed by atoms with Crippen LogP contribution >= 0.6 is 23.2 Å². The van der Waals surface area contributed by atoms with Crippen molar-refractivity contribution in [2.45, 2.75) is 24.2 Å². The van der Waals surface area contributed by atoms with Crippen molar-refractivity contribution < 1.29 is 38.6 Å². The van der Waals surface area contributed by atoms with Crippen LogP contribution in [0.25, 0.3) is 0 Å². The van der Waals surface area contributed by atoms with E-state index in [9.17, 15) is 19.5 Å². The molecule has 60 heavy (non-hydrogen) atoms. The first-order chi connectivity index (χ1) is 29.0. The van der Waals surface area contributed by atoms with Crippen LogP contribution in [0.1, 0.15) is 45.8 Å². The minimum Gasteiger partial charge on any atom is -0.508 e. The Bertz CT molecular complexity index is 2630. The Labute approximate surface area is 355 Å². The summed E-state index contributed by atoms with van der Waals surface area (Å²) in [7, 11) is 3.01. The maximum absolute atomic E-state index is 15.5. The number of benzene rings is 5. The molecule has 1 saturated carbocycles. The van der Waals surface area contributed by atoms with E-state index in [4.69, 9.17) is 32.7 Å². The van der Waals surface area contributed by atoms with E-state index in [1.807, 2.05) is 12.1 Å². The van der Waals surface area contributed by atoms with Gasteiger partial charge in [0.25, 0.3) is 11.8 Å². The maximum Gasteiger partial charge on any atom is 0.260 e. The number of hydrazine groups is 1. The fourth-order valence-electron chi connectivity index (χ4n) is 9.85. The monoisotopic (exact) mass is 841 g/mol. The van der Waals surface area contributed by atoms with Gasteiger partial charge in [0, 0.05) is 27.6 Å². The van der Waals surface area contributed by atoms with Crippen molar-refractivity contribution in [3.63, 3.8) is 0 Å². The van der Waals surface area contributed by atoms with E-state index in [0.29, 0.717) is 50.0 Å². The van der Waals surface area contributed by atoms with Crippen LogP contribution in [0.3, 0.4) is 0 Å². The molecule has 6 atom stereocenters. The Morgan fingerprint density at radius 3 is 2.13 bits per heavy atom. The first kappa shape index (κ1) is 39.1. The van der Waals surface area contributed by atoms with Gasteiger partial charge >= 0.3 is 0 Å². The van der Waals surface area contributed by atoms with Crippen molar-refractivity contribution in [3.05, 3.63) is 159 Å². The summed E-state index contributed by atoms with van der Waals surface area (Å²) in [6.45, 7) is 0. The average molecular weight is 843 g/mol. The number of fused-ring (bicyclic) bond motifs is 4. The number of phenols is 1. The summed E-state index contributed by atoms with van der Waals surface area (Å²) in [5, 5.41) is 13.2. The average Bonchev–Trinajstić information content (AvgIpc) is 3.65. The molecule has 11 nitrogen and oxygen atoms in total. The van der Waals surface area contributed by atoms with Gasteiger partial charge < -0.3 is 14.6 Å². The number of amides is 4. The lowest BCUT2D eigenvalue weighted by atomic mass is 9.49. The number of rotatable bonds is 9. The number of ketones is 1. The zero-order chi connectivity index (χ0) is 42.0. The van der Waals surface area contributed by atoms with E-state index >= 15 is 9.59 Å². The molecule has 0 radical (unpaired) electrons. The highest BCUT2D eigenvalue weighted by Crippen LogP contribution is 2.65. The topological polar surface area (TPSA) is 143 Å². The normalized spacial score (nSPS) is 24.4. The molecule has 13 heteroatoms. The molecule has 0 unspecified atom stereocenters. The number of allylic oxidation sites excluding steroid dienone is 2. The number of carbonyl (C=O) groups excluding carboxylic acids is 5.